The van der Waals surface area contributed by atoms with Crippen LogP contribution < -0.4 is 5.32 Å². The van der Waals surface area contributed by atoms with E-state index in [2.05, 4.69) is 47.6 Å². The van der Waals surface area contributed by atoms with E-state index in [1.165, 1.54) is 28.5 Å². The van der Waals surface area contributed by atoms with Gasteiger partial charge in [-0.1, -0.05) is 65.4 Å². The fourth-order valence-corrected chi connectivity index (χ4v) is 3.38. The number of carbonyl (C=O) groups excluding carboxylic acids is 1. The van der Waals surface area contributed by atoms with Crippen LogP contribution >= 0.6 is 11.8 Å². The molecule has 0 spiro atoms. The molecule has 0 unspecified atom stereocenters. The highest BCUT2D eigenvalue weighted by molar-refractivity contribution is 7.99. The van der Waals surface area contributed by atoms with E-state index >= 15 is 0 Å². The van der Waals surface area contributed by atoms with Crippen molar-refractivity contribution in [3.05, 3.63) is 76.9 Å². The highest BCUT2D eigenvalue weighted by Crippen LogP contribution is 2.23. The molecule has 0 saturated carbocycles. The normalized spacial score (nSPS) is 10.6. The van der Waals surface area contributed by atoms with Gasteiger partial charge in [0.05, 0.1) is 11.4 Å². The summed E-state index contributed by atoms with van der Waals surface area (Å²) in [6.07, 6.45) is 0. The number of rotatable bonds is 6. The Kier molecular flexibility index (Phi) is 6.24. The molecule has 27 heavy (non-hydrogen) atoms. The Morgan fingerprint density at radius 3 is 2.33 bits per heavy atom. The van der Waals surface area contributed by atoms with Gasteiger partial charge in [0, 0.05) is 12.1 Å². The molecule has 1 heterocycles. The summed E-state index contributed by atoms with van der Waals surface area (Å²) < 4.78 is 0. The van der Waals surface area contributed by atoms with Gasteiger partial charge in [0.1, 0.15) is 5.03 Å². The van der Waals surface area contributed by atoms with Crippen LogP contribution in [0.3, 0.4) is 0 Å². The highest BCUT2D eigenvalue weighted by atomic mass is 32.2. The van der Waals surface area contributed by atoms with Crippen molar-refractivity contribution in [2.24, 2.45) is 0 Å². The molecule has 5 heteroatoms. The Morgan fingerprint density at radius 1 is 0.926 bits per heavy atom. The van der Waals surface area contributed by atoms with Crippen molar-refractivity contribution < 1.29 is 4.79 Å². The van der Waals surface area contributed by atoms with E-state index in [9.17, 15) is 4.79 Å². The molecule has 0 aliphatic heterocycles. The lowest BCUT2D eigenvalue weighted by Gasteiger charge is -2.07. The third-order valence-corrected chi connectivity index (χ3v) is 5.18. The van der Waals surface area contributed by atoms with E-state index in [-0.39, 0.29) is 5.91 Å². The lowest BCUT2D eigenvalue weighted by atomic mass is 10.0. The van der Waals surface area contributed by atoms with Gasteiger partial charge < -0.3 is 5.32 Å². The van der Waals surface area contributed by atoms with E-state index in [1.807, 2.05) is 43.3 Å². The molecule has 2 aromatic carbocycles. The van der Waals surface area contributed by atoms with Crippen LogP contribution in [0.5, 0.6) is 0 Å². The second-order valence-corrected chi connectivity index (χ2v) is 7.62. The Labute approximate surface area is 164 Å². The second kappa shape index (κ2) is 8.82. The van der Waals surface area contributed by atoms with Crippen LogP contribution in [0.15, 0.2) is 59.6 Å². The first-order valence-corrected chi connectivity index (χ1v) is 9.86. The summed E-state index contributed by atoms with van der Waals surface area (Å²) in [4.78, 5) is 12.0. The number of aromatic nitrogens is 2. The zero-order valence-electron chi connectivity index (χ0n) is 15.8. The van der Waals surface area contributed by atoms with Gasteiger partial charge in [-0.2, -0.15) is 0 Å². The Morgan fingerprint density at radius 2 is 1.67 bits per heavy atom. The predicted molar refractivity (Wildman–Crippen MR) is 111 cm³/mol. The summed E-state index contributed by atoms with van der Waals surface area (Å²) >= 11 is 1.39. The standard InChI is InChI=1S/C22H23N3OS/c1-15-4-7-18(8-5-15)13-23-21(26)14-27-22-11-10-20(24-25-22)19-9-6-16(2)12-17(19)3/h4-12H,13-14H2,1-3H3,(H,23,26). The molecule has 0 saturated heterocycles. The Balaban J connectivity index is 1.52. The lowest BCUT2D eigenvalue weighted by molar-refractivity contribution is -0.118. The van der Waals surface area contributed by atoms with Gasteiger partial charge in [-0.3, -0.25) is 4.79 Å². The number of hydrogen-bond donors (Lipinski definition) is 1. The average molecular weight is 378 g/mol. The molecule has 0 fully saturated rings. The van der Waals surface area contributed by atoms with Crippen LogP contribution in [0.25, 0.3) is 11.3 Å². The van der Waals surface area contributed by atoms with Crippen molar-refractivity contribution in [3.63, 3.8) is 0 Å². The molecule has 0 aliphatic carbocycles. The first-order chi connectivity index (χ1) is 13.0. The number of aryl methyl sites for hydroxylation is 3. The van der Waals surface area contributed by atoms with Crippen molar-refractivity contribution in [3.8, 4) is 11.3 Å². The van der Waals surface area contributed by atoms with E-state index in [1.54, 1.807) is 0 Å². The topological polar surface area (TPSA) is 54.9 Å². The maximum Gasteiger partial charge on any atom is 0.230 e. The summed E-state index contributed by atoms with van der Waals surface area (Å²) in [7, 11) is 0. The first kappa shape index (κ1) is 19.1. The third kappa shape index (κ3) is 5.41. The van der Waals surface area contributed by atoms with Crippen molar-refractivity contribution >= 4 is 17.7 Å². The fourth-order valence-electron chi connectivity index (χ4n) is 2.74. The molecule has 4 nitrogen and oxygen atoms in total. The fraction of sp³-hybridized carbons (Fsp3) is 0.227. The van der Waals surface area contributed by atoms with Crippen LogP contribution in [0.1, 0.15) is 22.3 Å². The van der Waals surface area contributed by atoms with E-state index in [0.717, 1.165) is 21.8 Å². The van der Waals surface area contributed by atoms with Crippen LogP contribution in [0.2, 0.25) is 0 Å². The van der Waals surface area contributed by atoms with Crippen LogP contribution in [0.4, 0.5) is 0 Å². The molecule has 3 rings (SSSR count). The predicted octanol–water partition coefficient (Wildman–Crippen LogP) is 4.48. The van der Waals surface area contributed by atoms with Crippen LogP contribution in [-0.2, 0) is 11.3 Å². The summed E-state index contributed by atoms with van der Waals surface area (Å²) in [5, 5.41) is 12.2. The molecule has 1 N–H and O–H groups in total. The molecule has 3 aromatic rings. The van der Waals surface area contributed by atoms with Gasteiger partial charge in [0.15, 0.2) is 0 Å². The van der Waals surface area contributed by atoms with Gasteiger partial charge in [0.2, 0.25) is 5.91 Å². The number of carbonyl (C=O) groups is 1. The molecular weight excluding hydrogens is 354 g/mol. The minimum atomic E-state index is -0.0131. The zero-order valence-corrected chi connectivity index (χ0v) is 16.6. The van der Waals surface area contributed by atoms with E-state index in [0.29, 0.717) is 12.3 Å². The first-order valence-electron chi connectivity index (χ1n) is 8.87. The van der Waals surface area contributed by atoms with Crippen LogP contribution in [-0.4, -0.2) is 21.9 Å². The van der Waals surface area contributed by atoms with Gasteiger partial charge in [-0.05, 0) is 44.0 Å². The lowest BCUT2D eigenvalue weighted by Crippen LogP contribution is -2.24. The summed E-state index contributed by atoms with van der Waals surface area (Å²) in [5.41, 5.74) is 6.65. The zero-order chi connectivity index (χ0) is 19.2. The number of nitrogens with one attached hydrogen (secondary N) is 1. The Bertz CT molecular complexity index is 921. The maximum atomic E-state index is 12.0. The second-order valence-electron chi connectivity index (χ2n) is 6.63. The van der Waals surface area contributed by atoms with Crippen LogP contribution in [0, 0.1) is 20.8 Å². The number of thioether (sulfide) groups is 1. The molecule has 1 aromatic heterocycles. The van der Waals surface area contributed by atoms with Crippen molar-refractivity contribution in [2.75, 3.05) is 5.75 Å². The van der Waals surface area contributed by atoms with E-state index < -0.39 is 0 Å². The third-order valence-electron chi connectivity index (χ3n) is 4.26. The molecule has 138 valence electrons. The Hall–Kier alpha value is -2.66. The molecule has 1 amide bonds. The summed E-state index contributed by atoms with van der Waals surface area (Å²) in [6, 6.07) is 18.3. The summed E-state index contributed by atoms with van der Waals surface area (Å²) in [5.74, 6) is 0.310. The van der Waals surface area contributed by atoms with Gasteiger partial charge in [-0.15, -0.1) is 10.2 Å². The largest absolute Gasteiger partial charge is 0.351 e. The number of hydrogen-bond acceptors (Lipinski definition) is 4. The molecule has 0 bridgehead atoms. The van der Waals surface area contributed by atoms with Crippen molar-refractivity contribution in [1.29, 1.82) is 0 Å². The van der Waals surface area contributed by atoms with Gasteiger partial charge in [0.25, 0.3) is 0 Å². The average Bonchev–Trinajstić information content (AvgIpc) is 2.66. The summed E-state index contributed by atoms with van der Waals surface area (Å²) in [6.45, 7) is 6.74. The SMILES string of the molecule is Cc1ccc(CNC(=O)CSc2ccc(-c3ccc(C)cc3C)nn2)cc1. The van der Waals surface area contributed by atoms with Crippen molar-refractivity contribution in [2.45, 2.75) is 32.3 Å². The molecule has 0 aliphatic rings. The molecule has 0 radical (unpaired) electrons. The minimum Gasteiger partial charge on any atom is -0.351 e. The van der Waals surface area contributed by atoms with Gasteiger partial charge >= 0.3 is 0 Å². The smallest absolute Gasteiger partial charge is 0.230 e. The van der Waals surface area contributed by atoms with Crippen molar-refractivity contribution in [1.82, 2.24) is 15.5 Å². The van der Waals surface area contributed by atoms with E-state index in [4.69, 9.17) is 0 Å². The molecule has 0 atom stereocenters. The number of amides is 1. The highest BCUT2D eigenvalue weighted by Gasteiger charge is 2.07. The number of nitrogens with zero attached hydrogens (tertiary/aromatic N) is 2. The maximum absolute atomic E-state index is 12.0. The number of benzene rings is 2. The monoisotopic (exact) mass is 377 g/mol. The quantitative estimate of drug-likeness (QED) is 0.644. The van der Waals surface area contributed by atoms with Gasteiger partial charge in [-0.25, -0.2) is 0 Å². The minimum absolute atomic E-state index is 0.0131. The molecular formula is C22H23N3OS.